The molecule has 0 radical (unpaired) electrons. The molecule has 1 aliphatic heterocycles. The lowest BCUT2D eigenvalue weighted by molar-refractivity contribution is -0.386. The summed E-state index contributed by atoms with van der Waals surface area (Å²) in [5.74, 6) is -2.17. The van der Waals surface area contributed by atoms with Crippen LogP contribution in [-0.4, -0.2) is 29.5 Å². The van der Waals surface area contributed by atoms with Crippen molar-refractivity contribution in [1.82, 2.24) is 0 Å². The number of benzene rings is 2. The molecular formula is C27H27ClN2O6. The zero-order valence-corrected chi connectivity index (χ0v) is 21.3. The number of esters is 1. The van der Waals surface area contributed by atoms with Gasteiger partial charge in [-0.15, -0.1) is 0 Å². The number of methoxy groups -OCH3 is 1. The van der Waals surface area contributed by atoms with E-state index in [0.717, 1.165) is 5.56 Å². The predicted molar refractivity (Wildman–Crippen MR) is 135 cm³/mol. The van der Waals surface area contributed by atoms with Crippen LogP contribution in [0, 0.1) is 21.4 Å². The molecule has 0 fully saturated rings. The van der Waals surface area contributed by atoms with Crippen LogP contribution >= 0.6 is 11.6 Å². The lowest BCUT2D eigenvalue weighted by Crippen LogP contribution is -2.39. The summed E-state index contributed by atoms with van der Waals surface area (Å²) in [4.78, 5) is 42.2. The van der Waals surface area contributed by atoms with Crippen molar-refractivity contribution in [2.45, 2.75) is 46.1 Å². The van der Waals surface area contributed by atoms with Gasteiger partial charge in [-0.2, -0.15) is 0 Å². The number of hydrogen-bond acceptors (Lipinski definition) is 7. The third-order valence-corrected chi connectivity index (χ3v) is 6.86. The van der Waals surface area contributed by atoms with Crippen molar-refractivity contribution < 1.29 is 24.0 Å². The summed E-state index contributed by atoms with van der Waals surface area (Å²) in [6.07, 6.45) is 0.870. The van der Waals surface area contributed by atoms with Crippen molar-refractivity contribution in [2.24, 2.45) is 16.3 Å². The maximum atomic E-state index is 13.3. The molecule has 0 N–H and O–H groups in total. The van der Waals surface area contributed by atoms with E-state index in [0.29, 0.717) is 40.4 Å². The average Bonchev–Trinajstić information content (AvgIpc) is 2.81. The minimum atomic E-state index is -0.862. The maximum absolute atomic E-state index is 13.3. The van der Waals surface area contributed by atoms with Gasteiger partial charge in [0.2, 0.25) is 0 Å². The molecule has 0 saturated heterocycles. The number of nitro benzene ring substituents is 1. The van der Waals surface area contributed by atoms with Crippen LogP contribution in [0.4, 0.5) is 5.69 Å². The van der Waals surface area contributed by atoms with E-state index in [9.17, 15) is 19.7 Å². The quantitative estimate of drug-likeness (QED) is 0.275. The Morgan fingerprint density at radius 2 is 1.89 bits per heavy atom. The summed E-state index contributed by atoms with van der Waals surface area (Å²) >= 11 is 5.92. The Morgan fingerprint density at radius 1 is 1.19 bits per heavy atom. The second-order valence-electron chi connectivity index (χ2n) is 9.93. The summed E-state index contributed by atoms with van der Waals surface area (Å²) < 4.78 is 10.8. The van der Waals surface area contributed by atoms with Gasteiger partial charge in [-0.25, -0.2) is 0 Å². The number of halogens is 1. The smallest absolute Gasteiger partial charge is 0.315 e. The van der Waals surface area contributed by atoms with Gasteiger partial charge in [-0.05, 0) is 48.1 Å². The van der Waals surface area contributed by atoms with E-state index in [1.807, 2.05) is 13.8 Å². The topological polar surface area (TPSA) is 108 Å². The second kappa shape index (κ2) is 9.85. The van der Waals surface area contributed by atoms with E-state index in [2.05, 4.69) is 4.99 Å². The zero-order valence-electron chi connectivity index (χ0n) is 20.5. The van der Waals surface area contributed by atoms with Crippen molar-refractivity contribution in [3.63, 3.8) is 0 Å². The van der Waals surface area contributed by atoms with E-state index < -0.39 is 22.7 Å². The number of nitrogens with zero attached hydrogens (tertiary/aromatic N) is 2. The minimum Gasteiger partial charge on any atom is -0.482 e. The van der Waals surface area contributed by atoms with Gasteiger partial charge in [-0.1, -0.05) is 43.6 Å². The Balaban J connectivity index is 1.77. The highest BCUT2D eigenvalue weighted by Gasteiger charge is 2.46. The van der Waals surface area contributed by atoms with E-state index in [1.165, 1.54) is 19.2 Å². The minimum absolute atomic E-state index is 0.0832. The number of carbonyl (C=O) groups excluding carboxylic acids is 2. The first-order valence-electron chi connectivity index (χ1n) is 11.6. The van der Waals surface area contributed by atoms with Gasteiger partial charge in [-0.3, -0.25) is 24.7 Å². The van der Waals surface area contributed by atoms with Crippen LogP contribution in [0.5, 0.6) is 5.75 Å². The van der Waals surface area contributed by atoms with Crippen LogP contribution in [0.15, 0.2) is 58.7 Å². The molecule has 2 aliphatic rings. The van der Waals surface area contributed by atoms with Crippen LogP contribution in [0.25, 0.3) is 0 Å². The van der Waals surface area contributed by atoms with Gasteiger partial charge in [0.1, 0.15) is 12.5 Å². The molecule has 1 aliphatic carbocycles. The monoisotopic (exact) mass is 510 g/mol. The van der Waals surface area contributed by atoms with Gasteiger partial charge < -0.3 is 9.47 Å². The van der Waals surface area contributed by atoms with Crippen LogP contribution < -0.4 is 4.74 Å². The number of nitro groups is 1. The average molecular weight is 511 g/mol. The fourth-order valence-corrected chi connectivity index (χ4v) is 5.10. The van der Waals surface area contributed by atoms with Crippen LogP contribution in [-0.2, 0) is 20.9 Å². The largest absolute Gasteiger partial charge is 0.482 e. The molecule has 1 heterocycles. The highest BCUT2D eigenvalue weighted by atomic mass is 35.5. The molecule has 2 atom stereocenters. The Bertz CT molecular complexity index is 1300. The molecule has 2 aromatic carbocycles. The van der Waals surface area contributed by atoms with Gasteiger partial charge >= 0.3 is 11.7 Å². The van der Waals surface area contributed by atoms with Crippen LogP contribution in [0.3, 0.4) is 0 Å². The highest BCUT2D eigenvalue weighted by Crippen LogP contribution is 2.48. The van der Waals surface area contributed by atoms with Crippen molar-refractivity contribution in [1.29, 1.82) is 0 Å². The number of ether oxygens (including phenoxy) is 2. The van der Waals surface area contributed by atoms with E-state index in [-0.39, 0.29) is 29.2 Å². The van der Waals surface area contributed by atoms with Gasteiger partial charge in [0.05, 0.1) is 12.0 Å². The van der Waals surface area contributed by atoms with Gasteiger partial charge in [0.15, 0.2) is 11.5 Å². The van der Waals surface area contributed by atoms with Crippen LogP contribution in [0.1, 0.15) is 50.7 Å². The number of aliphatic imine (C=N–C) groups is 1. The Morgan fingerprint density at radius 3 is 2.53 bits per heavy atom. The molecule has 4 rings (SSSR count). The summed E-state index contributed by atoms with van der Waals surface area (Å²) in [5, 5.41) is 12.6. The molecule has 8 nitrogen and oxygen atoms in total. The summed E-state index contributed by atoms with van der Waals surface area (Å²) in [6, 6.07) is 11.5. The Hall–Kier alpha value is -3.52. The van der Waals surface area contributed by atoms with Gasteiger partial charge in [0.25, 0.3) is 0 Å². The standard InChI is InChI=1S/C27H27ClN2O6/c1-15-23(26(32)35-4)24(25-19(29-15)12-27(2,3)13-21(25)31)17-7-10-22(20(11-17)30(33)34)36-14-16-5-8-18(28)9-6-16/h5-11,23-24H,12-14H2,1-4H3/t23?,24-/m1/s1. The van der Waals surface area contributed by atoms with Crippen molar-refractivity contribution in [3.05, 3.63) is 80.0 Å². The Kier molecular flexibility index (Phi) is 7.00. The SMILES string of the molecule is COC(=O)C1C(C)=NC2=C(C(=O)CC(C)(C)C2)[C@@H]1c1ccc(OCc2ccc(Cl)cc2)c([N+](=O)[O-])c1. The molecule has 188 valence electrons. The third kappa shape index (κ3) is 5.04. The van der Waals surface area contributed by atoms with E-state index in [1.54, 1.807) is 37.3 Å². The summed E-state index contributed by atoms with van der Waals surface area (Å²) in [6.45, 7) is 5.83. The molecule has 0 saturated carbocycles. The Labute approximate surface area is 214 Å². The first-order valence-corrected chi connectivity index (χ1v) is 11.9. The molecule has 1 unspecified atom stereocenters. The summed E-state index contributed by atoms with van der Waals surface area (Å²) in [7, 11) is 1.28. The number of hydrogen-bond donors (Lipinski definition) is 0. The van der Waals surface area contributed by atoms with Crippen LogP contribution in [0.2, 0.25) is 5.02 Å². The third-order valence-electron chi connectivity index (χ3n) is 6.60. The molecule has 0 aromatic heterocycles. The second-order valence-corrected chi connectivity index (χ2v) is 10.4. The molecule has 0 spiro atoms. The fourth-order valence-electron chi connectivity index (χ4n) is 4.97. The first-order chi connectivity index (χ1) is 17.0. The maximum Gasteiger partial charge on any atom is 0.315 e. The normalized spacial score (nSPS) is 20.9. The predicted octanol–water partition coefficient (Wildman–Crippen LogP) is 5.82. The number of rotatable bonds is 6. The molecule has 2 aromatic rings. The summed E-state index contributed by atoms with van der Waals surface area (Å²) in [5.41, 5.74) is 2.31. The number of carbonyl (C=O) groups is 2. The molecule has 0 bridgehead atoms. The molecule has 0 amide bonds. The number of ketones is 1. The zero-order chi connectivity index (χ0) is 26.2. The first kappa shape index (κ1) is 25.6. The van der Waals surface area contributed by atoms with E-state index in [4.69, 9.17) is 21.1 Å². The molecular weight excluding hydrogens is 484 g/mol. The van der Waals surface area contributed by atoms with Crippen molar-refractivity contribution in [2.75, 3.05) is 7.11 Å². The van der Waals surface area contributed by atoms with Crippen molar-refractivity contribution >= 4 is 34.8 Å². The molecule has 36 heavy (non-hydrogen) atoms. The lowest BCUT2D eigenvalue weighted by atomic mass is 9.67. The fraction of sp³-hybridized carbons (Fsp3) is 0.370. The number of allylic oxidation sites excluding steroid dienone is 2. The highest BCUT2D eigenvalue weighted by molar-refractivity contribution is 6.30. The van der Waals surface area contributed by atoms with Gasteiger partial charge in [0, 0.05) is 40.4 Å². The number of Topliss-reactive ketones (excluding diaryl/α,β-unsaturated/α-hetero) is 1. The van der Waals surface area contributed by atoms with E-state index >= 15 is 0 Å². The lowest BCUT2D eigenvalue weighted by Gasteiger charge is -2.38. The van der Waals surface area contributed by atoms with Crippen molar-refractivity contribution in [3.8, 4) is 5.75 Å². The molecule has 9 heteroatoms.